The summed E-state index contributed by atoms with van der Waals surface area (Å²) < 4.78 is 14.1. The SMILES string of the molecule is CC(C)c1ccc(F)c(C2(CN)CCCC2)c1. The van der Waals surface area contributed by atoms with E-state index in [1.54, 1.807) is 6.07 Å². The van der Waals surface area contributed by atoms with Crippen molar-refractivity contribution in [3.05, 3.63) is 35.1 Å². The second-order valence-corrected chi connectivity index (χ2v) is 5.59. The lowest BCUT2D eigenvalue weighted by Crippen LogP contribution is -2.33. The van der Waals surface area contributed by atoms with Crippen LogP contribution in [0.3, 0.4) is 0 Å². The molecule has 0 aliphatic heterocycles. The fraction of sp³-hybridized carbons (Fsp3) is 0.600. The van der Waals surface area contributed by atoms with Gasteiger partial charge in [-0.2, -0.15) is 0 Å². The van der Waals surface area contributed by atoms with Gasteiger partial charge in [-0.15, -0.1) is 0 Å². The zero-order valence-electron chi connectivity index (χ0n) is 10.8. The maximum atomic E-state index is 14.1. The van der Waals surface area contributed by atoms with Gasteiger partial charge in [-0.1, -0.05) is 38.8 Å². The quantitative estimate of drug-likeness (QED) is 0.849. The van der Waals surface area contributed by atoms with E-state index in [0.29, 0.717) is 12.5 Å². The summed E-state index contributed by atoms with van der Waals surface area (Å²) in [6.45, 7) is 4.84. The first-order chi connectivity index (χ1) is 8.09. The van der Waals surface area contributed by atoms with Crippen molar-refractivity contribution in [2.45, 2.75) is 50.9 Å². The lowest BCUT2D eigenvalue weighted by atomic mass is 9.77. The van der Waals surface area contributed by atoms with Crippen molar-refractivity contribution in [1.29, 1.82) is 0 Å². The van der Waals surface area contributed by atoms with Gasteiger partial charge in [-0.3, -0.25) is 0 Å². The van der Waals surface area contributed by atoms with Crippen LogP contribution >= 0.6 is 0 Å². The third-order valence-electron chi connectivity index (χ3n) is 4.18. The molecule has 2 rings (SSSR count). The summed E-state index contributed by atoms with van der Waals surface area (Å²) in [7, 11) is 0. The molecule has 0 amide bonds. The van der Waals surface area contributed by atoms with Crippen LogP contribution in [0.4, 0.5) is 4.39 Å². The minimum absolute atomic E-state index is 0.0817. The Morgan fingerprint density at radius 2 is 1.94 bits per heavy atom. The molecule has 94 valence electrons. The lowest BCUT2D eigenvalue weighted by Gasteiger charge is -2.29. The fourth-order valence-corrected chi connectivity index (χ4v) is 2.94. The smallest absolute Gasteiger partial charge is 0.127 e. The van der Waals surface area contributed by atoms with Crippen molar-refractivity contribution < 1.29 is 4.39 Å². The molecule has 1 aliphatic carbocycles. The number of benzene rings is 1. The Morgan fingerprint density at radius 1 is 1.29 bits per heavy atom. The largest absolute Gasteiger partial charge is 0.330 e. The average Bonchev–Trinajstić information content (AvgIpc) is 2.79. The molecule has 2 N–H and O–H groups in total. The highest BCUT2D eigenvalue weighted by molar-refractivity contribution is 5.34. The van der Waals surface area contributed by atoms with Gasteiger partial charge >= 0.3 is 0 Å². The number of nitrogens with two attached hydrogens (primary N) is 1. The number of hydrogen-bond donors (Lipinski definition) is 1. The Bertz CT molecular complexity index is 392. The van der Waals surface area contributed by atoms with E-state index in [2.05, 4.69) is 13.8 Å². The van der Waals surface area contributed by atoms with Crippen LogP contribution in [0.15, 0.2) is 18.2 Å². The van der Waals surface area contributed by atoms with Crippen molar-refractivity contribution in [3.63, 3.8) is 0 Å². The van der Waals surface area contributed by atoms with Crippen LogP contribution in [0.2, 0.25) is 0 Å². The molecular weight excluding hydrogens is 213 g/mol. The minimum atomic E-state index is -0.102. The molecule has 0 radical (unpaired) electrons. The molecule has 17 heavy (non-hydrogen) atoms. The van der Waals surface area contributed by atoms with Gasteiger partial charge < -0.3 is 5.73 Å². The van der Waals surface area contributed by atoms with Crippen molar-refractivity contribution >= 4 is 0 Å². The van der Waals surface area contributed by atoms with E-state index in [1.807, 2.05) is 12.1 Å². The Kier molecular flexibility index (Phi) is 3.53. The molecule has 2 heteroatoms. The normalized spacial score (nSPS) is 18.9. The van der Waals surface area contributed by atoms with Gasteiger partial charge in [0.25, 0.3) is 0 Å². The Hall–Kier alpha value is -0.890. The third kappa shape index (κ3) is 2.23. The van der Waals surface area contributed by atoms with Crippen molar-refractivity contribution in [2.24, 2.45) is 5.73 Å². The van der Waals surface area contributed by atoms with Gasteiger partial charge in [0.15, 0.2) is 0 Å². The van der Waals surface area contributed by atoms with Crippen LogP contribution in [-0.4, -0.2) is 6.54 Å². The number of rotatable bonds is 3. The molecule has 1 aromatic rings. The molecule has 1 aromatic carbocycles. The van der Waals surface area contributed by atoms with Gasteiger partial charge in [0.1, 0.15) is 5.82 Å². The van der Waals surface area contributed by atoms with Crippen LogP contribution in [-0.2, 0) is 5.41 Å². The van der Waals surface area contributed by atoms with Gasteiger partial charge in [-0.05, 0) is 36.0 Å². The predicted octanol–water partition coefficient (Wildman–Crippen LogP) is 3.72. The van der Waals surface area contributed by atoms with E-state index in [1.165, 1.54) is 18.4 Å². The molecule has 0 spiro atoms. The van der Waals surface area contributed by atoms with Gasteiger partial charge in [0.05, 0.1) is 0 Å². The van der Waals surface area contributed by atoms with E-state index >= 15 is 0 Å². The Balaban J connectivity index is 2.45. The molecule has 0 aromatic heterocycles. The first-order valence-corrected chi connectivity index (χ1v) is 6.59. The number of hydrogen-bond acceptors (Lipinski definition) is 1. The molecule has 0 atom stereocenters. The summed E-state index contributed by atoms with van der Waals surface area (Å²) in [5.74, 6) is 0.354. The molecular formula is C15H22FN. The zero-order valence-corrected chi connectivity index (χ0v) is 10.8. The van der Waals surface area contributed by atoms with Gasteiger partial charge in [-0.25, -0.2) is 4.39 Å². The van der Waals surface area contributed by atoms with E-state index < -0.39 is 0 Å². The van der Waals surface area contributed by atoms with Crippen LogP contribution in [0.25, 0.3) is 0 Å². The molecule has 0 saturated heterocycles. The standard InChI is InChI=1S/C15H22FN/c1-11(2)12-5-6-14(16)13(9-12)15(10-17)7-3-4-8-15/h5-6,9,11H,3-4,7-8,10,17H2,1-2H3. The molecule has 1 fully saturated rings. The maximum Gasteiger partial charge on any atom is 0.127 e. The van der Waals surface area contributed by atoms with E-state index in [9.17, 15) is 4.39 Å². The first kappa shape index (κ1) is 12.6. The second kappa shape index (κ2) is 4.77. The van der Waals surface area contributed by atoms with Crippen LogP contribution in [0.1, 0.15) is 56.6 Å². The first-order valence-electron chi connectivity index (χ1n) is 6.59. The van der Waals surface area contributed by atoms with Gasteiger partial charge in [0.2, 0.25) is 0 Å². The third-order valence-corrected chi connectivity index (χ3v) is 4.18. The van der Waals surface area contributed by atoms with Crippen molar-refractivity contribution in [2.75, 3.05) is 6.54 Å². The van der Waals surface area contributed by atoms with Gasteiger partial charge in [0, 0.05) is 12.0 Å². The molecule has 1 aliphatic rings. The fourth-order valence-electron chi connectivity index (χ4n) is 2.94. The molecule has 0 heterocycles. The summed E-state index contributed by atoms with van der Waals surface area (Å²) >= 11 is 0. The highest BCUT2D eigenvalue weighted by Crippen LogP contribution is 2.42. The molecule has 0 unspecified atom stereocenters. The highest BCUT2D eigenvalue weighted by atomic mass is 19.1. The summed E-state index contributed by atoms with van der Waals surface area (Å²) in [6, 6.07) is 5.54. The monoisotopic (exact) mass is 235 g/mol. The van der Waals surface area contributed by atoms with Crippen molar-refractivity contribution in [1.82, 2.24) is 0 Å². The van der Waals surface area contributed by atoms with Crippen molar-refractivity contribution in [3.8, 4) is 0 Å². The molecule has 1 nitrogen and oxygen atoms in total. The summed E-state index contributed by atoms with van der Waals surface area (Å²) in [5.41, 5.74) is 7.89. The Labute approximate surface area is 103 Å². The van der Waals surface area contributed by atoms with E-state index in [-0.39, 0.29) is 11.2 Å². The second-order valence-electron chi connectivity index (χ2n) is 5.59. The lowest BCUT2D eigenvalue weighted by molar-refractivity contribution is 0.426. The van der Waals surface area contributed by atoms with E-state index in [4.69, 9.17) is 5.73 Å². The maximum absolute atomic E-state index is 14.1. The highest BCUT2D eigenvalue weighted by Gasteiger charge is 2.36. The summed E-state index contributed by atoms with van der Waals surface area (Å²) in [5, 5.41) is 0. The van der Waals surface area contributed by atoms with Crippen LogP contribution in [0, 0.1) is 5.82 Å². The van der Waals surface area contributed by atoms with Crippen LogP contribution < -0.4 is 5.73 Å². The summed E-state index contributed by atoms with van der Waals surface area (Å²) in [4.78, 5) is 0. The Morgan fingerprint density at radius 3 is 2.47 bits per heavy atom. The predicted molar refractivity (Wildman–Crippen MR) is 69.7 cm³/mol. The summed E-state index contributed by atoms with van der Waals surface area (Å²) in [6.07, 6.45) is 4.40. The average molecular weight is 235 g/mol. The van der Waals surface area contributed by atoms with E-state index in [0.717, 1.165) is 18.4 Å². The number of halogens is 1. The zero-order chi connectivity index (χ0) is 12.5. The molecule has 1 saturated carbocycles. The molecule has 0 bridgehead atoms. The van der Waals surface area contributed by atoms with Crippen LogP contribution in [0.5, 0.6) is 0 Å². The minimum Gasteiger partial charge on any atom is -0.330 e. The topological polar surface area (TPSA) is 26.0 Å².